The molecular formula is C16H21N3O2. The Bertz CT molecular complexity index is 543. The van der Waals surface area contributed by atoms with Crippen molar-refractivity contribution in [2.24, 2.45) is 0 Å². The number of rotatable bonds is 8. The summed E-state index contributed by atoms with van der Waals surface area (Å²) in [6, 6.07) is 11.5. The summed E-state index contributed by atoms with van der Waals surface area (Å²) < 4.78 is 10.8. The van der Waals surface area contributed by atoms with Gasteiger partial charge in [-0.3, -0.25) is 0 Å². The van der Waals surface area contributed by atoms with Crippen LogP contribution in [-0.4, -0.2) is 23.9 Å². The van der Waals surface area contributed by atoms with Crippen LogP contribution in [0.1, 0.15) is 24.6 Å². The van der Waals surface area contributed by atoms with Gasteiger partial charge < -0.3 is 14.8 Å². The number of hydrogen-bond acceptors (Lipinski definition) is 5. The zero-order chi connectivity index (χ0) is 14.9. The zero-order valence-electron chi connectivity index (χ0n) is 12.5. The van der Waals surface area contributed by atoms with Gasteiger partial charge in [0.15, 0.2) is 0 Å². The van der Waals surface area contributed by atoms with Gasteiger partial charge in [-0.05, 0) is 36.7 Å². The predicted octanol–water partition coefficient (Wildman–Crippen LogP) is 2.56. The van der Waals surface area contributed by atoms with Crippen molar-refractivity contribution in [2.75, 3.05) is 13.7 Å². The molecule has 2 rings (SSSR count). The number of aromatic nitrogens is 2. The minimum absolute atomic E-state index is 0.444. The third-order valence-corrected chi connectivity index (χ3v) is 2.95. The highest BCUT2D eigenvalue weighted by Gasteiger charge is 2.01. The van der Waals surface area contributed by atoms with E-state index in [1.54, 1.807) is 7.11 Å². The van der Waals surface area contributed by atoms with E-state index in [0.717, 1.165) is 36.5 Å². The number of ether oxygens (including phenoxy) is 2. The van der Waals surface area contributed by atoms with Crippen LogP contribution >= 0.6 is 0 Å². The highest BCUT2D eigenvalue weighted by molar-refractivity contribution is 5.28. The maximum absolute atomic E-state index is 5.62. The SMILES string of the molecule is CCCNCc1ccc(OCc2cccc(OC)c2)nn1. The summed E-state index contributed by atoms with van der Waals surface area (Å²) in [7, 11) is 1.65. The lowest BCUT2D eigenvalue weighted by atomic mass is 10.2. The van der Waals surface area contributed by atoms with Crippen LogP contribution in [0.15, 0.2) is 36.4 Å². The molecule has 0 aliphatic heterocycles. The molecule has 0 aliphatic rings. The van der Waals surface area contributed by atoms with E-state index in [0.29, 0.717) is 12.5 Å². The first kappa shape index (κ1) is 15.3. The van der Waals surface area contributed by atoms with Crippen molar-refractivity contribution in [2.45, 2.75) is 26.5 Å². The van der Waals surface area contributed by atoms with Crippen molar-refractivity contribution in [3.05, 3.63) is 47.7 Å². The third-order valence-electron chi connectivity index (χ3n) is 2.95. The van der Waals surface area contributed by atoms with Crippen LogP contribution in [0.25, 0.3) is 0 Å². The maximum atomic E-state index is 5.62. The summed E-state index contributed by atoms with van der Waals surface area (Å²) in [5, 5.41) is 11.5. The quantitative estimate of drug-likeness (QED) is 0.756. The standard InChI is InChI=1S/C16H21N3O2/c1-3-9-17-11-14-7-8-16(19-18-14)21-12-13-5-4-6-15(10-13)20-2/h4-8,10,17H,3,9,11-12H2,1-2H3. The van der Waals surface area contributed by atoms with E-state index in [-0.39, 0.29) is 0 Å². The molecule has 0 radical (unpaired) electrons. The van der Waals surface area contributed by atoms with Gasteiger partial charge in [0, 0.05) is 12.6 Å². The molecule has 0 aliphatic carbocycles. The molecule has 2 aromatic rings. The van der Waals surface area contributed by atoms with Crippen LogP contribution in [0.3, 0.4) is 0 Å². The van der Waals surface area contributed by atoms with Gasteiger partial charge in [-0.25, -0.2) is 0 Å². The van der Waals surface area contributed by atoms with Crippen LogP contribution in [0.5, 0.6) is 11.6 Å². The highest BCUT2D eigenvalue weighted by atomic mass is 16.5. The maximum Gasteiger partial charge on any atom is 0.233 e. The Morgan fingerprint density at radius 1 is 1.14 bits per heavy atom. The Morgan fingerprint density at radius 2 is 2.05 bits per heavy atom. The number of nitrogens with one attached hydrogen (secondary N) is 1. The van der Waals surface area contributed by atoms with E-state index in [1.807, 2.05) is 36.4 Å². The molecule has 0 unspecified atom stereocenters. The molecule has 5 heteroatoms. The molecule has 1 aromatic heterocycles. The normalized spacial score (nSPS) is 10.4. The summed E-state index contributed by atoms with van der Waals surface area (Å²) in [5.74, 6) is 1.34. The molecule has 0 saturated carbocycles. The lowest BCUT2D eigenvalue weighted by Crippen LogP contribution is -2.15. The van der Waals surface area contributed by atoms with Crippen molar-refractivity contribution in [3.63, 3.8) is 0 Å². The van der Waals surface area contributed by atoms with E-state index < -0.39 is 0 Å². The van der Waals surface area contributed by atoms with Crippen LogP contribution in [-0.2, 0) is 13.2 Å². The Hall–Kier alpha value is -2.14. The van der Waals surface area contributed by atoms with Crippen LogP contribution in [0, 0.1) is 0 Å². The molecule has 5 nitrogen and oxygen atoms in total. The molecule has 0 spiro atoms. The van der Waals surface area contributed by atoms with Gasteiger partial charge in [0.1, 0.15) is 12.4 Å². The van der Waals surface area contributed by atoms with E-state index in [2.05, 4.69) is 22.4 Å². The smallest absolute Gasteiger partial charge is 0.233 e. The van der Waals surface area contributed by atoms with Gasteiger partial charge >= 0.3 is 0 Å². The summed E-state index contributed by atoms with van der Waals surface area (Å²) >= 11 is 0. The molecule has 1 aromatic carbocycles. The minimum Gasteiger partial charge on any atom is -0.497 e. The first-order chi connectivity index (χ1) is 10.3. The first-order valence-electron chi connectivity index (χ1n) is 7.11. The average Bonchev–Trinajstić information content (AvgIpc) is 2.54. The molecule has 0 saturated heterocycles. The lowest BCUT2D eigenvalue weighted by molar-refractivity contribution is 0.289. The largest absolute Gasteiger partial charge is 0.497 e. The molecule has 0 amide bonds. The number of methoxy groups -OCH3 is 1. The van der Waals surface area contributed by atoms with Gasteiger partial charge in [-0.1, -0.05) is 19.1 Å². The Balaban J connectivity index is 1.85. The summed E-state index contributed by atoms with van der Waals surface area (Å²) in [5.41, 5.74) is 1.95. The van der Waals surface area contributed by atoms with E-state index in [4.69, 9.17) is 9.47 Å². The third kappa shape index (κ3) is 5.04. The molecular weight excluding hydrogens is 266 g/mol. The Kier molecular flexibility index (Phi) is 5.97. The topological polar surface area (TPSA) is 56.3 Å². The summed E-state index contributed by atoms with van der Waals surface area (Å²) in [4.78, 5) is 0. The fraction of sp³-hybridized carbons (Fsp3) is 0.375. The summed E-state index contributed by atoms with van der Waals surface area (Å²) in [6.45, 7) is 4.29. The van der Waals surface area contributed by atoms with Crippen molar-refractivity contribution >= 4 is 0 Å². The fourth-order valence-electron chi connectivity index (χ4n) is 1.83. The lowest BCUT2D eigenvalue weighted by Gasteiger charge is -2.07. The van der Waals surface area contributed by atoms with E-state index >= 15 is 0 Å². The van der Waals surface area contributed by atoms with Gasteiger partial charge in [-0.15, -0.1) is 5.10 Å². The van der Waals surface area contributed by atoms with E-state index in [1.165, 1.54) is 0 Å². The van der Waals surface area contributed by atoms with Crippen molar-refractivity contribution in [1.82, 2.24) is 15.5 Å². The Morgan fingerprint density at radius 3 is 2.76 bits per heavy atom. The monoisotopic (exact) mass is 287 g/mol. The minimum atomic E-state index is 0.444. The average molecular weight is 287 g/mol. The number of hydrogen-bond donors (Lipinski definition) is 1. The molecule has 0 fully saturated rings. The molecule has 0 bridgehead atoms. The second-order valence-corrected chi connectivity index (χ2v) is 4.68. The molecule has 1 N–H and O–H groups in total. The van der Waals surface area contributed by atoms with Crippen molar-refractivity contribution < 1.29 is 9.47 Å². The van der Waals surface area contributed by atoms with Gasteiger partial charge in [0.05, 0.1) is 12.8 Å². The first-order valence-corrected chi connectivity index (χ1v) is 7.11. The second-order valence-electron chi connectivity index (χ2n) is 4.68. The highest BCUT2D eigenvalue weighted by Crippen LogP contribution is 2.14. The fourth-order valence-corrected chi connectivity index (χ4v) is 1.83. The van der Waals surface area contributed by atoms with Gasteiger partial charge in [0.2, 0.25) is 5.88 Å². The molecule has 112 valence electrons. The summed E-state index contributed by atoms with van der Waals surface area (Å²) in [6.07, 6.45) is 1.11. The van der Waals surface area contributed by atoms with Gasteiger partial charge in [-0.2, -0.15) is 5.10 Å². The zero-order valence-corrected chi connectivity index (χ0v) is 12.5. The van der Waals surface area contributed by atoms with Crippen molar-refractivity contribution in [3.8, 4) is 11.6 Å². The number of nitrogens with zero attached hydrogens (tertiary/aromatic N) is 2. The van der Waals surface area contributed by atoms with Crippen LogP contribution < -0.4 is 14.8 Å². The van der Waals surface area contributed by atoms with Crippen LogP contribution in [0.2, 0.25) is 0 Å². The van der Waals surface area contributed by atoms with Crippen molar-refractivity contribution in [1.29, 1.82) is 0 Å². The Labute approximate surface area is 125 Å². The predicted molar refractivity (Wildman–Crippen MR) is 81.4 cm³/mol. The van der Waals surface area contributed by atoms with E-state index in [9.17, 15) is 0 Å². The molecule has 21 heavy (non-hydrogen) atoms. The van der Waals surface area contributed by atoms with Gasteiger partial charge in [0.25, 0.3) is 0 Å². The second kappa shape index (κ2) is 8.21. The molecule has 0 atom stereocenters. The molecule has 1 heterocycles. The number of benzene rings is 1. The van der Waals surface area contributed by atoms with Crippen LogP contribution in [0.4, 0.5) is 0 Å².